The van der Waals surface area contributed by atoms with E-state index in [9.17, 15) is 9.59 Å². The summed E-state index contributed by atoms with van der Waals surface area (Å²) in [6.45, 7) is 4.26. The van der Waals surface area contributed by atoms with E-state index in [1.807, 2.05) is 6.92 Å². The lowest BCUT2D eigenvalue weighted by atomic mass is 10.2. The first-order valence-corrected chi connectivity index (χ1v) is 5.54. The van der Waals surface area contributed by atoms with Crippen molar-refractivity contribution in [1.82, 2.24) is 20.4 Å². The van der Waals surface area contributed by atoms with E-state index < -0.39 is 6.04 Å². The molecule has 16 heavy (non-hydrogen) atoms. The summed E-state index contributed by atoms with van der Waals surface area (Å²) in [7, 11) is 3.40. The maximum Gasteiger partial charge on any atom is 0.318 e. The van der Waals surface area contributed by atoms with Gasteiger partial charge in [-0.2, -0.15) is 0 Å². The van der Waals surface area contributed by atoms with E-state index in [2.05, 4.69) is 10.6 Å². The average Bonchev–Trinajstić information content (AvgIpc) is 2.28. The second-order valence-corrected chi connectivity index (χ2v) is 3.98. The third-order valence-electron chi connectivity index (χ3n) is 2.56. The molecular formula is C10H20N4O2. The Bertz CT molecular complexity index is 268. The largest absolute Gasteiger partial charge is 0.347 e. The maximum atomic E-state index is 11.9. The molecule has 0 saturated carbocycles. The molecule has 1 aliphatic heterocycles. The summed E-state index contributed by atoms with van der Waals surface area (Å²) in [5.74, 6) is -0.0431. The number of nitrogens with one attached hydrogen (secondary N) is 2. The Labute approximate surface area is 96.0 Å². The van der Waals surface area contributed by atoms with E-state index in [1.54, 1.807) is 19.0 Å². The maximum absolute atomic E-state index is 11.9. The SMILES string of the molecule is CCNC(=O)N1CCNCC1C(=O)N(C)C. The van der Waals surface area contributed by atoms with Crippen molar-refractivity contribution in [2.24, 2.45) is 0 Å². The van der Waals surface area contributed by atoms with Gasteiger partial charge >= 0.3 is 6.03 Å². The summed E-state index contributed by atoms with van der Waals surface area (Å²) in [4.78, 5) is 26.8. The van der Waals surface area contributed by atoms with E-state index >= 15 is 0 Å². The topological polar surface area (TPSA) is 64.7 Å². The molecule has 0 radical (unpaired) electrons. The molecule has 3 amide bonds. The van der Waals surface area contributed by atoms with Crippen LogP contribution in [-0.4, -0.2) is 68.1 Å². The third kappa shape index (κ3) is 2.85. The molecule has 2 N–H and O–H groups in total. The summed E-state index contributed by atoms with van der Waals surface area (Å²) >= 11 is 0. The lowest BCUT2D eigenvalue weighted by Crippen LogP contribution is -2.61. The molecular weight excluding hydrogens is 208 g/mol. The van der Waals surface area contributed by atoms with Gasteiger partial charge in [0.2, 0.25) is 5.91 Å². The van der Waals surface area contributed by atoms with Crippen LogP contribution in [0.1, 0.15) is 6.92 Å². The molecule has 0 spiro atoms. The van der Waals surface area contributed by atoms with Gasteiger partial charge in [-0.3, -0.25) is 4.79 Å². The fraction of sp³-hybridized carbons (Fsp3) is 0.800. The van der Waals surface area contributed by atoms with Crippen molar-refractivity contribution in [2.75, 3.05) is 40.3 Å². The van der Waals surface area contributed by atoms with Crippen molar-refractivity contribution in [2.45, 2.75) is 13.0 Å². The van der Waals surface area contributed by atoms with Crippen LogP contribution in [0.3, 0.4) is 0 Å². The fourth-order valence-electron chi connectivity index (χ4n) is 1.72. The number of carbonyl (C=O) groups is 2. The highest BCUT2D eigenvalue weighted by atomic mass is 16.2. The van der Waals surface area contributed by atoms with Gasteiger partial charge in [-0.25, -0.2) is 4.79 Å². The molecule has 6 nitrogen and oxygen atoms in total. The van der Waals surface area contributed by atoms with Crippen molar-refractivity contribution >= 4 is 11.9 Å². The van der Waals surface area contributed by atoms with Gasteiger partial charge in [-0.1, -0.05) is 0 Å². The second kappa shape index (κ2) is 5.69. The number of piperazine rings is 1. The fourth-order valence-corrected chi connectivity index (χ4v) is 1.72. The summed E-state index contributed by atoms with van der Waals surface area (Å²) < 4.78 is 0. The number of likely N-dealkylation sites (N-methyl/N-ethyl adjacent to an activating group) is 1. The van der Waals surface area contributed by atoms with Gasteiger partial charge in [-0.05, 0) is 6.92 Å². The second-order valence-electron chi connectivity index (χ2n) is 3.98. The normalized spacial score (nSPS) is 20.4. The molecule has 1 unspecified atom stereocenters. The molecule has 1 rings (SSSR count). The molecule has 6 heteroatoms. The van der Waals surface area contributed by atoms with Gasteiger partial charge in [0.1, 0.15) is 6.04 Å². The zero-order valence-electron chi connectivity index (χ0n) is 10.1. The van der Waals surface area contributed by atoms with Crippen molar-refractivity contribution in [3.8, 4) is 0 Å². The average molecular weight is 228 g/mol. The van der Waals surface area contributed by atoms with Gasteiger partial charge in [0.15, 0.2) is 0 Å². The Balaban J connectivity index is 2.71. The quantitative estimate of drug-likeness (QED) is 0.642. The summed E-state index contributed by atoms with van der Waals surface area (Å²) in [6.07, 6.45) is 0. The van der Waals surface area contributed by atoms with Crippen LogP contribution in [0.4, 0.5) is 4.79 Å². The number of rotatable bonds is 2. The number of hydrogen-bond donors (Lipinski definition) is 2. The minimum absolute atomic E-state index is 0.0431. The minimum Gasteiger partial charge on any atom is -0.347 e. The molecule has 0 aromatic rings. The Morgan fingerprint density at radius 1 is 1.50 bits per heavy atom. The molecule has 1 fully saturated rings. The van der Waals surface area contributed by atoms with Gasteiger partial charge < -0.3 is 20.4 Å². The third-order valence-corrected chi connectivity index (χ3v) is 2.56. The predicted octanol–water partition coefficient (Wildman–Crippen LogP) is -0.922. The number of urea groups is 1. The minimum atomic E-state index is -0.393. The molecule has 1 heterocycles. The molecule has 0 aliphatic carbocycles. The van der Waals surface area contributed by atoms with Crippen LogP contribution in [-0.2, 0) is 4.79 Å². The van der Waals surface area contributed by atoms with Gasteiger partial charge in [0, 0.05) is 40.3 Å². The molecule has 1 atom stereocenters. The number of amides is 3. The molecule has 0 aromatic carbocycles. The van der Waals surface area contributed by atoms with Crippen molar-refractivity contribution < 1.29 is 9.59 Å². The Kier molecular flexibility index (Phi) is 4.54. The molecule has 0 aromatic heterocycles. The van der Waals surface area contributed by atoms with Crippen LogP contribution in [0.15, 0.2) is 0 Å². The van der Waals surface area contributed by atoms with Crippen LogP contribution in [0.5, 0.6) is 0 Å². The van der Waals surface area contributed by atoms with Gasteiger partial charge in [-0.15, -0.1) is 0 Å². The van der Waals surface area contributed by atoms with E-state index in [-0.39, 0.29) is 11.9 Å². The van der Waals surface area contributed by atoms with Crippen molar-refractivity contribution in [3.05, 3.63) is 0 Å². The van der Waals surface area contributed by atoms with Crippen LogP contribution < -0.4 is 10.6 Å². The molecule has 1 saturated heterocycles. The van der Waals surface area contributed by atoms with Gasteiger partial charge in [0.05, 0.1) is 0 Å². The smallest absolute Gasteiger partial charge is 0.318 e. The first-order valence-electron chi connectivity index (χ1n) is 5.54. The van der Waals surface area contributed by atoms with E-state index in [0.717, 1.165) is 6.54 Å². The number of nitrogens with zero attached hydrogens (tertiary/aromatic N) is 2. The molecule has 92 valence electrons. The Hall–Kier alpha value is -1.30. The lowest BCUT2D eigenvalue weighted by molar-refractivity contribution is -0.133. The highest BCUT2D eigenvalue weighted by Crippen LogP contribution is 2.06. The van der Waals surface area contributed by atoms with E-state index in [1.165, 1.54) is 4.90 Å². The summed E-state index contributed by atoms with van der Waals surface area (Å²) in [6, 6.07) is -0.556. The lowest BCUT2D eigenvalue weighted by Gasteiger charge is -2.36. The number of hydrogen-bond acceptors (Lipinski definition) is 3. The molecule has 1 aliphatic rings. The van der Waals surface area contributed by atoms with Gasteiger partial charge in [0.25, 0.3) is 0 Å². The van der Waals surface area contributed by atoms with Crippen molar-refractivity contribution in [1.29, 1.82) is 0 Å². The van der Waals surface area contributed by atoms with Crippen LogP contribution in [0, 0.1) is 0 Å². The van der Waals surface area contributed by atoms with Crippen LogP contribution in [0.25, 0.3) is 0 Å². The molecule has 0 bridgehead atoms. The monoisotopic (exact) mass is 228 g/mol. The van der Waals surface area contributed by atoms with E-state index in [0.29, 0.717) is 19.6 Å². The predicted molar refractivity (Wildman–Crippen MR) is 61.1 cm³/mol. The summed E-state index contributed by atoms with van der Waals surface area (Å²) in [5, 5.41) is 5.86. The van der Waals surface area contributed by atoms with Crippen LogP contribution >= 0.6 is 0 Å². The highest BCUT2D eigenvalue weighted by molar-refractivity contribution is 5.87. The zero-order chi connectivity index (χ0) is 12.1. The first-order chi connectivity index (χ1) is 7.57. The zero-order valence-corrected chi connectivity index (χ0v) is 10.1. The highest BCUT2D eigenvalue weighted by Gasteiger charge is 2.32. The standard InChI is InChI=1S/C10H20N4O2/c1-4-12-10(16)14-6-5-11-7-8(14)9(15)13(2)3/h8,11H,4-7H2,1-3H3,(H,12,16). The summed E-state index contributed by atoms with van der Waals surface area (Å²) in [5.41, 5.74) is 0. The van der Waals surface area contributed by atoms with Crippen LogP contribution in [0.2, 0.25) is 0 Å². The Morgan fingerprint density at radius 2 is 2.19 bits per heavy atom. The Morgan fingerprint density at radius 3 is 2.75 bits per heavy atom. The van der Waals surface area contributed by atoms with Crippen molar-refractivity contribution in [3.63, 3.8) is 0 Å². The first kappa shape index (κ1) is 12.8. The van der Waals surface area contributed by atoms with E-state index in [4.69, 9.17) is 0 Å². The number of carbonyl (C=O) groups excluding carboxylic acids is 2.